The molecule has 0 heterocycles. The molecule has 0 bridgehead atoms. The number of halogens is 1. The van der Waals surface area contributed by atoms with E-state index in [1.54, 1.807) is 0 Å². The fraction of sp³-hybridized carbons (Fsp3) is 0.300. The molecule has 0 atom stereocenters. The van der Waals surface area contributed by atoms with E-state index in [0.29, 0.717) is 5.69 Å². The van der Waals surface area contributed by atoms with E-state index in [4.69, 9.17) is 10.7 Å². The highest BCUT2D eigenvalue weighted by Gasteiger charge is 2.08. The van der Waals surface area contributed by atoms with Crippen LogP contribution >= 0.6 is 10.7 Å². The van der Waals surface area contributed by atoms with Crippen LogP contribution in [0.1, 0.15) is 20.8 Å². The van der Waals surface area contributed by atoms with Crippen LogP contribution in [0.5, 0.6) is 0 Å². The molecular formula is C10H14ClNO3S. The molecule has 0 aliphatic carbocycles. The van der Waals surface area contributed by atoms with Crippen molar-refractivity contribution >= 4 is 31.3 Å². The molecular weight excluding hydrogens is 250 g/mol. The van der Waals surface area contributed by atoms with Gasteiger partial charge in [-0.05, 0) is 24.3 Å². The third-order valence-electron chi connectivity index (χ3n) is 1.46. The monoisotopic (exact) mass is 263 g/mol. The molecule has 6 heteroatoms. The lowest BCUT2D eigenvalue weighted by Gasteiger charge is -2.01. The first-order chi connectivity index (χ1) is 7.39. The predicted molar refractivity (Wildman–Crippen MR) is 65.1 cm³/mol. The van der Waals surface area contributed by atoms with Crippen molar-refractivity contribution in [1.82, 2.24) is 0 Å². The fourth-order valence-corrected chi connectivity index (χ4v) is 1.67. The van der Waals surface area contributed by atoms with Gasteiger partial charge in [0.2, 0.25) is 5.91 Å². The molecule has 0 aliphatic heterocycles. The number of rotatable bonds is 2. The van der Waals surface area contributed by atoms with Crippen LogP contribution in [0.15, 0.2) is 29.2 Å². The maximum Gasteiger partial charge on any atom is 0.261 e. The molecule has 1 aromatic carbocycles. The molecule has 1 amide bonds. The Morgan fingerprint density at radius 3 is 1.94 bits per heavy atom. The molecule has 16 heavy (non-hydrogen) atoms. The quantitative estimate of drug-likeness (QED) is 0.834. The van der Waals surface area contributed by atoms with Gasteiger partial charge in [0.1, 0.15) is 0 Å². The van der Waals surface area contributed by atoms with Crippen molar-refractivity contribution in [1.29, 1.82) is 0 Å². The Balaban J connectivity index is 0.00000106. The molecule has 0 aromatic heterocycles. The van der Waals surface area contributed by atoms with Gasteiger partial charge in [0.15, 0.2) is 0 Å². The number of nitrogens with one attached hydrogen (secondary N) is 1. The van der Waals surface area contributed by atoms with Crippen molar-refractivity contribution in [2.45, 2.75) is 25.7 Å². The Kier molecular flexibility index (Phi) is 6.06. The Labute approximate surface area is 100 Å². The summed E-state index contributed by atoms with van der Waals surface area (Å²) in [4.78, 5) is 10.6. The van der Waals surface area contributed by atoms with Crippen LogP contribution in [0.4, 0.5) is 5.69 Å². The Morgan fingerprint density at radius 2 is 1.62 bits per heavy atom. The van der Waals surface area contributed by atoms with E-state index >= 15 is 0 Å². The van der Waals surface area contributed by atoms with Gasteiger partial charge in [0.25, 0.3) is 9.05 Å². The van der Waals surface area contributed by atoms with Crippen LogP contribution in [0.25, 0.3) is 0 Å². The summed E-state index contributed by atoms with van der Waals surface area (Å²) in [6.45, 7) is 5.37. The summed E-state index contributed by atoms with van der Waals surface area (Å²) in [7, 11) is 1.41. The molecule has 0 unspecified atom stereocenters. The van der Waals surface area contributed by atoms with E-state index in [9.17, 15) is 13.2 Å². The molecule has 4 nitrogen and oxygen atoms in total. The average molecular weight is 264 g/mol. The molecule has 0 fully saturated rings. The first-order valence-electron chi connectivity index (χ1n) is 4.72. The second-order valence-electron chi connectivity index (χ2n) is 2.64. The van der Waals surface area contributed by atoms with Crippen molar-refractivity contribution in [2.24, 2.45) is 0 Å². The lowest BCUT2D eigenvalue weighted by molar-refractivity contribution is -0.114. The first kappa shape index (κ1) is 14.9. The van der Waals surface area contributed by atoms with E-state index in [1.165, 1.54) is 31.2 Å². The molecule has 1 rings (SSSR count). The zero-order chi connectivity index (χ0) is 12.8. The third kappa shape index (κ3) is 5.14. The number of carbonyl (C=O) groups excluding carboxylic acids is 1. The molecule has 1 N–H and O–H groups in total. The lowest BCUT2D eigenvalue weighted by Crippen LogP contribution is -2.05. The van der Waals surface area contributed by atoms with E-state index in [0.717, 1.165) is 0 Å². The minimum absolute atomic E-state index is 0.00766. The van der Waals surface area contributed by atoms with Gasteiger partial charge in [-0.3, -0.25) is 4.79 Å². The van der Waals surface area contributed by atoms with Crippen LogP contribution in [-0.2, 0) is 13.8 Å². The Morgan fingerprint density at radius 1 is 1.19 bits per heavy atom. The highest BCUT2D eigenvalue weighted by molar-refractivity contribution is 8.13. The highest BCUT2D eigenvalue weighted by atomic mass is 35.7. The van der Waals surface area contributed by atoms with Gasteiger partial charge in [-0.15, -0.1) is 0 Å². The smallest absolute Gasteiger partial charge is 0.261 e. The van der Waals surface area contributed by atoms with Crippen LogP contribution in [-0.4, -0.2) is 14.3 Å². The zero-order valence-corrected chi connectivity index (χ0v) is 10.9. The molecule has 0 spiro atoms. The van der Waals surface area contributed by atoms with Crippen LogP contribution in [0, 0.1) is 0 Å². The Hall–Kier alpha value is -1.07. The summed E-state index contributed by atoms with van der Waals surface area (Å²) in [6.07, 6.45) is 0. The van der Waals surface area contributed by atoms with E-state index in [1.807, 2.05) is 13.8 Å². The summed E-state index contributed by atoms with van der Waals surface area (Å²) >= 11 is 0. The van der Waals surface area contributed by atoms with E-state index in [2.05, 4.69) is 5.32 Å². The van der Waals surface area contributed by atoms with Crippen LogP contribution in [0.3, 0.4) is 0 Å². The maximum atomic E-state index is 10.8. The molecule has 90 valence electrons. The number of carbonyl (C=O) groups is 1. The molecule has 0 aliphatic rings. The van der Waals surface area contributed by atoms with Gasteiger partial charge in [0, 0.05) is 23.3 Å². The van der Waals surface area contributed by atoms with Crippen LogP contribution in [0.2, 0.25) is 0 Å². The van der Waals surface area contributed by atoms with Gasteiger partial charge in [-0.1, -0.05) is 13.8 Å². The number of hydrogen-bond donors (Lipinski definition) is 1. The van der Waals surface area contributed by atoms with Crippen molar-refractivity contribution in [2.75, 3.05) is 5.32 Å². The number of hydrogen-bond acceptors (Lipinski definition) is 3. The standard InChI is InChI=1S/C8H8ClNO3S.C2H6/c1-6(11)10-7-2-4-8(5-3-7)14(9,12)13;1-2/h2-5H,1H3,(H,10,11);1-2H3. The van der Waals surface area contributed by atoms with Gasteiger partial charge in [-0.25, -0.2) is 8.42 Å². The molecule has 0 saturated heterocycles. The summed E-state index contributed by atoms with van der Waals surface area (Å²) in [5.74, 6) is -0.216. The molecule has 1 aromatic rings. The predicted octanol–water partition coefficient (Wildman–Crippen LogP) is 2.60. The number of benzene rings is 1. The van der Waals surface area contributed by atoms with Gasteiger partial charge < -0.3 is 5.32 Å². The second-order valence-corrected chi connectivity index (χ2v) is 5.21. The summed E-state index contributed by atoms with van der Waals surface area (Å²) < 4.78 is 21.7. The second kappa shape index (κ2) is 6.50. The lowest BCUT2D eigenvalue weighted by atomic mass is 10.3. The number of amides is 1. The zero-order valence-electron chi connectivity index (χ0n) is 9.32. The van der Waals surface area contributed by atoms with E-state index in [-0.39, 0.29) is 10.8 Å². The van der Waals surface area contributed by atoms with Crippen LogP contribution < -0.4 is 5.32 Å². The van der Waals surface area contributed by atoms with Crippen molar-refractivity contribution in [3.05, 3.63) is 24.3 Å². The minimum Gasteiger partial charge on any atom is -0.326 e. The van der Waals surface area contributed by atoms with Crippen molar-refractivity contribution in [3.63, 3.8) is 0 Å². The summed E-state index contributed by atoms with van der Waals surface area (Å²) in [5.41, 5.74) is 0.529. The topological polar surface area (TPSA) is 63.2 Å². The maximum absolute atomic E-state index is 10.8. The average Bonchev–Trinajstić information content (AvgIpc) is 2.19. The molecule has 0 saturated carbocycles. The number of anilines is 1. The third-order valence-corrected chi connectivity index (χ3v) is 2.83. The summed E-state index contributed by atoms with van der Waals surface area (Å²) in [5, 5.41) is 2.51. The minimum atomic E-state index is -3.69. The largest absolute Gasteiger partial charge is 0.326 e. The van der Waals surface area contributed by atoms with Gasteiger partial charge >= 0.3 is 0 Å². The van der Waals surface area contributed by atoms with Crippen molar-refractivity contribution in [3.8, 4) is 0 Å². The molecule has 0 radical (unpaired) electrons. The van der Waals surface area contributed by atoms with Crippen molar-refractivity contribution < 1.29 is 13.2 Å². The SMILES string of the molecule is CC.CC(=O)Nc1ccc(S(=O)(=O)Cl)cc1. The summed E-state index contributed by atoms with van der Waals surface area (Å²) in [6, 6.07) is 5.59. The normalized spacial score (nSPS) is 10.0. The first-order valence-corrected chi connectivity index (χ1v) is 7.03. The fourth-order valence-electron chi connectivity index (χ4n) is 0.904. The van der Waals surface area contributed by atoms with Gasteiger partial charge in [0.05, 0.1) is 4.90 Å². The highest BCUT2D eigenvalue weighted by Crippen LogP contribution is 2.17. The van der Waals surface area contributed by atoms with Gasteiger partial charge in [-0.2, -0.15) is 0 Å². The Bertz CT molecular complexity index is 440. The van der Waals surface area contributed by atoms with E-state index < -0.39 is 9.05 Å².